The van der Waals surface area contributed by atoms with Gasteiger partial charge < -0.3 is 15.0 Å². The summed E-state index contributed by atoms with van der Waals surface area (Å²) in [5, 5.41) is 11.9. The average Bonchev–Trinajstić information content (AvgIpc) is 2.48. The van der Waals surface area contributed by atoms with Gasteiger partial charge in [-0.25, -0.2) is 9.78 Å². The fourth-order valence-electron chi connectivity index (χ4n) is 1.99. The van der Waals surface area contributed by atoms with Crippen LogP contribution in [0.4, 0.5) is 5.82 Å². The van der Waals surface area contributed by atoms with Gasteiger partial charge >= 0.3 is 5.97 Å². The van der Waals surface area contributed by atoms with Crippen molar-refractivity contribution in [1.29, 1.82) is 0 Å². The minimum atomic E-state index is -0.972. The molecule has 110 valence electrons. The van der Waals surface area contributed by atoms with Crippen LogP contribution in [0.15, 0.2) is 41.5 Å². The Morgan fingerprint density at radius 2 is 2.24 bits per heavy atom. The highest BCUT2D eigenvalue weighted by Crippen LogP contribution is 2.07. The number of rotatable bonds is 6. The van der Waals surface area contributed by atoms with Crippen LogP contribution >= 0.6 is 0 Å². The monoisotopic (exact) mass is 287 g/mol. The molecule has 6 nitrogen and oxygen atoms in total. The highest BCUT2D eigenvalue weighted by atomic mass is 16.4. The van der Waals surface area contributed by atoms with Gasteiger partial charge in [0.2, 0.25) is 0 Å². The molecule has 0 fully saturated rings. The lowest BCUT2D eigenvalue weighted by atomic mass is 10.1. The number of aromatic carboxylic acids is 1. The van der Waals surface area contributed by atoms with Crippen molar-refractivity contribution in [2.45, 2.75) is 26.4 Å². The molecule has 0 unspecified atom stereocenters. The van der Waals surface area contributed by atoms with Crippen molar-refractivity contribution in [3.63, 3.8) is 0 Å². The lowest BCUT2D eigenvalue weighted by Crippen LogP contribution is -2.24. The second-order valence-electron chi connectivity index (χ2n) is 4.63. The molecular formula is C15H17N3O3. The molecule has 0 bridgehead atoms. The summed E-state index contributed by atoms with van der Waals surface area (Å²) in [6, 6.07) is 6.57. The quantitative estimate of drug-likeness (QED) is 0.848. The van der Waals surface area contributed by atoms with E-state index in [0.717, 1.165) is 12.0 Å². The molecule has 0 radical (unpaired) electrons. The number of carboxylic acids is 1. The van der Waals surface area contributed by atoms with Gasteiger partial charge in [-0.05, 0) is 24.1 Å². The SMILES string of the molecule is CCCn1ccnc(NCc2cccc(C(=O)O)c2)c1=O. The van der Waals surface area contributed by atoms with E-state index in [9.17, 15) is 9.59 Å². The fourth-order valence-corrected chi connectivity index (χ4v) is 1.99. The van der Waals surface area contributed by atoms with Crippen LogP contribution in [0.3, 0.4) is 0 Å². The van der Waals surface area contributed by atoms with E-state index in [0.29, 0.717) is 13.1 Å². The zero-order valence-electron chi connectivity index (χ0n) is 11.7. The van der Waals surface area contributed by atoms with Gasteiger partial charge in [-0.2, -0.15) is 0 Å². The van der Waals surface area contributed by atoms with E-state index in [4.69, 9.17) is 5.11 Å². The van der Waals surface area contributed by atoms with Crippen molar-refractivity contribution in [3.8, 4) is 0 Å². The molecule has 21 heavy (non-hydrogen) atoms. The fraction of sp³-hybridized carbons (Fsp3) is 0.267. The van der Waals surface area contributed by atoms with E-state index in [1.807, 2.05) is 6.92 Å². The van der Waals surface area contributed by atoms with E-state index in [2.05, 4.69) is 10.3 Å². The molecule has 0 aliphatic heterocycles. The van der Waals surface area contributed by atoms with Gasteiger partial charge in [-0.15, -0.1) is 0 Å². The van der Waals surface area contributed by atoms with Gasteiger partial charge in [0.05, 0.1) is 5.56 Å². The summed E-state index contributed by atoms with van der Waals surface area (Å²) in [7, 11) is 0. The Bertz CT molecular complexity index is 695. The molecule has 0 aliphatic rings. The third-order valence-electron chi connectivity index (χ3n) is 3.01. The molecule has 0 atom stereocenters. The molecule has 2 aromatic rings. The van der Waals surface area contributed by atoms with Crippen LogP contribution in [-0.2, 0) is 13.1 Å². The highest BCUT2D eigenvalue weighted by molar-refractivity contribution is 5.87. The third kappa shape index (κ3) is 3.68. The largest absolute Gasteiger partial charge is 0.478 e. The lowest BCUT2D eigenvalue weighted by molar-refractivity contribution is 0.0697. The summed E-state index contributed by atoms with van der Waals surface area (Å²) in [5.74, 6) is -0.702. The highest BCUT2D eigenvalue weighted by Gasteiger charge is 2.06. The van der Waals surface area contributed by atoms with Gasteiger partial charge in [0, 0.05) is 25.5 Å². The van der Waals surface area contributed by atoms with Crippen molar-refractivity contribution in [1.82, 2.24) is 9.55 Å². The van der Waals surface area contributed by atoms with Gasteiger partial charge in [0.15, 0.2) is 5.82 Å². The van der Waals surface area contributed by atoms with Crippen LogP contribution in [0, 0.1) is 0 Å². The van der Waals surface area contributed by atoms with E-state index in [-0.39, 0.29) is 16.9 Å². The van der Waals surface area contributed by atoms with Crippen molar-refractivity contribution in [2.24, 2.45) is 0 Å². The average molecular weight is 287 g/mol. The second-order valence-corrected chi connectivity index (χ2v) is 4.63. The number of nitrogens with one attached hydrogen (secondary N) is 1. The maximum absolute atomic E-state index is 12.1. The first-order valence-electron chi connectivity index (χ1n) is 6.73. The molecular weight excluding hydrogens is 270 g/mol. The second kappa shape index (κ2) is 6.69. The number of hydrogen-bond donors (Lipinski definition) is 2. The number of aryl methyl sites for hydroxylation is 1. The topological polar surface area (TPSA) is 84.2 Å². The molecule has 0 spiro atoms. The number of benzene rings is 1. The smallest absolute Gasteiger partial charge is 0.335 e. The summed E-state index contributed by atoms with van der Waals surface area (Å²) < 4.78 is 1.60. The predicted molar refractivity (Wildman–Crippen MR) is 79.5 cm³/mol. The summed E-state index contributed by atoms with van der Waals surface area (Å²) >= 11 is 0. The van der Waals surface area contributed by atoms with Crippen molar-refractivity contribution >= 4 is 11.8 Å². The maximum Gasteiger partial charge on any atom is 0.335 e. The Hall–Kier alpha value is -2.63. The normalized spacial score (nSPS) is 10.3. The third-order valence-corrected chi connectivity index (χ3v) is 3.01. The molecule has 0 saturated carbocycles. The number of carboxylic acid groups (broad SMARTS) is 1. The van der Waals surface area contributed by atoms with Crippen LogP contribution in [0.2, 0.25) is 0 Å². The minimum Gasteiger partial charge on any atom is -0.478 e. The van der Waals surface area contributed by atoms with Crippen LogP contribution in [0.25, 0.3) is 0 Å². The Kier molecular flexibility index (Phi) is 4.71. The molecule has 2 rings (SSSR count). The number of carbonyl (C=O) groups is 1. The predicted octanol–water partition coefficient (Wildman–Crippen LogP) is 1.96. The number of hydrogen-bond acceptors (Lipinski definition) is 4. The number of nitrogens with zero attached hydrogens (tertiary/aromatic N) is 2. The molecule has 0 amide bonds. The molecule has 2 N–H and O–H groups in total. The zero-order valence-corrected chi connectivity index (χ0v) is 11.7. The van der Waals surface area contributed by atoms with Gasteiger partial charge in [0.1, 0.15) is 0 Å². The van der Waals surface area contributed by atoms with Gasteiger partial charge in [-0.1, -0.05) is 19.1 Å². The first kappa shape index (κ1) is 14.8. The Morgan fingerprint density at radius 3 is 2.95 bits per heavy atom. The van der Waals surface area contributed by atoms with Crippen LogP contribution in [0.5, 0.6) is 0 Å². The van der Waals surface area contributed by atoms with E-state index in [1.165, 1.54) is 6.07 Å². The Labute approximate surface area is 122 Å². The summed E-state index contributed by atoms with van der Waals surface area (Å²) in [4.78, 5) is 27.0. The molecule has 1 heterocycles. The maximum atomic E-state index is 12.1. The minimum absolute atomic E-state index is 0.172. The van der Waals surface area contributed by atoms with E-state index in [1.54, 1.807) is 35.2 Å². The van der Waals surface area contributed by atoms with Crippen molar-refractivity contribution < 1.29 is 9.90 Å². The van der Waals surface area contributed by atoms with Gasteiger partial charge in [-0.3, -0.25) is 4.79 Å². The molecule has 1 aromatic heterocycles. The first-order chi connectivity index (χ1) is 10.1. The van der Waals surface area contributed by atoms with Gasteiger partial charge in [0.25, 0.3) is 5.56 Å². The van der Waals surface area contributed by atoms with E-state index >= 15 is 0 Å². The lowest BCUT2D eigenvalue weighted by Gasteiger charge is -2.08. The first-order valence-corrected chi connectivity index (χ1v) is 6.73. The number of aromatic nitrogens is 2. The Morgan fingerprint density at radius 1 is 1.43 bits per heavy atom. The standard InChI is InChI=1S/C15H17N3O3/c1-2-7-18-8-6-16-13(14(18)19)17-10-11-4-3-5-12(9-11)15(20)21/h3-6,8-9H,2,7,10H2,1H3,(H,16,17)(H,20,21). The summed E-state index contributed by atoms with van der Waals surface area (Å²) in [6.07, 6.45) is 4.10. The zero-order chi connectivity index (χ0) is 15.2. The molecule has 1 aromatic carbocycles. The summed E-state index contributed by atoms with van der Waals surface area (Å²) in [5.41, 5.74) is 0.828. The number of anilines is 1. The molecule has 0 aliphatic carbocycles. The van der Waals surface area contributed by atoms with E-state index < -0.39 is 5.97 Å². The van der Waals surface area contributed by atoms with Crippen LogP contribution < -0.4 is 10.9 Å². The molecule has 6 heteroatoms. The van der Waals surface area contributed by atoms with Crippen molar-refractivity contribution in [2.75, 3.05) is 5.32 Å². The van der Waals surface area contributed by atoms with Crippen LogP contribution in [0.1, 0.15) is 29.3 Å². The summed E-state index contributed by atoms with van der Waals surface area (Å²) in [6.45, 7) is 2.99. The molecule has 0 saturated heterocycles. The van der Waals surface area contributed by atoms with Crippen LogP contribution in [-0.4, -0.2) is 20.6 Å². The Balaban J connectivity index is 2.13. The van der Waals surface area contributed by atoms with Crippen molar-refractivity contribution in [3.05, 3.63) is 58.1 Å².